The van der Waals surface area contributed by atoms with Crippen LogP contribution in [0.15, 0.2) is 47.6 Å². The molecule has 4 heteroatoms. The lowest BCUT2D eigenvalue weighted by Crippen LogP contribution is -2.11. The van der Waals surface area contributed by atoms with Crippen LogP contribution in [0.4, 0.5) is 5.69 Å². The van der Waals surface area contributed by atoms with Crippen molar-refractivity contribution in [1.82, 2.24) is 4.98 Å². The minimum Gasteiger partial charge on any atom is -0.325 e. The van der Waals surface area contributed by atoms with E-state index in [0.29, 0.717) is 6.42 Å². The highest BCUT2D eigenvalue weighted by Gasteiger charge is 2.03. The molecule has 2 aromatic rings. The van der Waals surface area contributed by atoms with E-state index in [1.54, 1.807) is 18.0 Å². The van der Waals surface area contributed by atoms with E-state index in [4.69, 9.17) is 0 Å². The lowest BCUT2D eigenvalue weighted by molar-refractivity contribution is -0.116. The lowest BCUT2D eigenvalue weighted by Gasteiger charge is -2.06. The van der Waals surface area contributed by atoms with Crippen molar-refractivity contribution in [3.63, 3.8) is 0 Å². The molecule has 0 atom stereocenters. The first-order chi connectivity index (χ1) is 10.2. The standard InChI is InChI=1S/C17H20N2OS/c1-13-6-8-14(9-7-13)4-3-5-16(20)19-15-10-11-17(21-2)18-12-15/h6-12H,3-5H2,1-2H3,(H,19,20). The molecule has 1 aromatic carbocycles. The molecule has 110 valence electrons. The Kier molecular flexibility index (Phi) is 5.81. The van der Waals surface area contributed by atoms with E-state index < -0.39 is 0 Å². The predicted octanol–water partition coefficient (Wildman–Crippen LogP) is 4.07. The normalized spacial score (nSPS) is 10.4. The average Bonchev–Trinajstić information content (AvgIpc) is 2.50. The van der Waals surface area contributed by atoms with Gasteiger partial charge in [-0.15, -0.1) is 11.8 Å². The molecule has 1 amide bonds. The molecule has 0 fully saturated rings. The third-order valence-corrected chi connectivity index (χ3v) is 3.88. The number of nitrogens with zero attached hydrogens (tertiary/aromatic N) is 1. The molecule has 1 N–H and O–H groups in total. The summed E-state index contributed by atoms with van der Waals surface area (Å²) in [5.74, 6) is 0.0424. The number of thioether (sulfide) groups is 1. The molecule has 21 heavy (non-hydrogen) atoms. The molecule has 0 unspecified atom stereocenters. The number of carbonyl (C=O) groups excluding carboxylic acids is 1. The van der Waals surface area contributed by atoms with Crippen LogP contribution in [-0.4, -0.2) is 17.1 Å². The predicted molar refractivity (Wildman–Crippen MR) is 88.8 cm³/mol. The first-order valence-electron chi connectivity index (χ1n) is 7.03. The van der Waals surface area contributed by atoms with Crippen LogP contribution in [0.2, 0.25) is 0 Å². The van der Waals surface area contributed by atoms with Crippen molar-refractivity contribution < 1.29 is 4.79 Å². The number of benzene rings is 1. The van der Waals surface area contributed by atoms with Gasteiger partial charge in [-0.2, -0.15) is 0 Å². The Bertz CT molecular complexity index is 579. The van der Waals surface area contributed by atoms with Crippen LogP contribution in [0.1, 0.15) is 24.0 Å². The van der Waals surface area contributed by atoms with E-state index in [1.807, 2.05) is 18.4 Å². The van der Waals surface area contributed by atoms with Gasteiger partial charge >= 0.3 is 0 Å². The molecule has 1 aromatic heterocycles. The fourth-order valence-corrected chi connectivity index (χ4v) is 2.37. The van der Waals surface area contributed by atoms with Crippen molar-refractivity contribution in [3.05, 3.63) is 53.7 Å². The molecule has 0 radical (unpaired) electrons. The average molecular weight is 300 g/mol. The summed E-state index contributed by atoms with van der Waals surface area (Å²) < 4.78 is 0. The number of nitrogens with one attached hydrogen (secondary N) is 1. The summed E-state index contributed by atoms with van der Waals surface area (Å²) in [6.45, 7) is 2.08. The van der Waals surface area contributed by atoms with E-state index in [1.165, 1.54) is 11.1 Å². The Hall–Kier alpha value is -1.81. The highest BCUT2D eigenvalue weighted by Crippen LogP contribution is 2.14. The van der Waals surface area contributed by atoms with Crippen LogP contribution < -0.4 is 5.32 Å². The van der Waals surface area contributed by atoms with Crippen molar-refractivity contribution >= 4 is 23.4 Å². The number of amides is 1. The Balaban J connectivity index is 1.75. The maximum absolute atomic E-state index is 11.9. The molecule has 0 saturated carbocycles. The van der Waals surface area contributed by atoms with Gasteiger partial charge in [-0.25, -0.2) is 4.98 Å². The molecule has 0 saturated heterocycles. The summed E-state index contributed by atoms with van der Waals surface area (Å²) in [4.78, 5) is 16.1. The van der Waals surface area contributed by atoms with Gasteiger partial charge in [0.2, 0.25) is 5.91 Å². The fraction of sp³-hybridized carbons (Fsp3) is 0.294. The number of pyridine rings is 1. The van der Waals surface area contributed by atoms with Crippen molar-refractivity contribution in [1.29, 1.82) is 0 Å². The second-order valence-electron chi connectivity index (χ2n) is 4.98. The van der Waals surface area contributed by atoms with Gasteiger partial charge in [0.25, 0.3) is 0 Å². The first-order valence-corrected chi connectivity index (χ1v) is 8.25. The van der Waals surface area contributed by atoms with Gasteiger partial charge < -0.3 is 5.32 Å². The summed E-state index contributed by atoms with van der Waals surface area (Å²) in [5.41, 5.74) is 3.30. The summed E-state index contributed by atoms with van der Waals surface area (Å²) in [7, 11) is 0. The van der Waals surface area contributed by atoms with Crippen LogP contribution >= 0.6 is 11.8 Å². The largest absolute Gasteiger partial charge is 0.325 e. The van der Waals surface area contributed by atoms with Crippen molar-refractivity contribution in [2.45, 2.75) is 31.2 Å². The molecule has 1 heterocycles. The van der Waals surface area contributed by atoms with E-state index in [2.05, 4.69) is 41.5 Å². The zero-order valence-corrected chi connectivity index (χ0v) is 13.2. The Morgan fingerprint density at radius 3 is 2.57 bits per heavy atom. The molecule has 2 rings (SSSR count). The van der Waals surface area contributed by atoms with Crippen LogP contribution in [0, 0.1) is 6.92 Å². The van der Waals surface area contributed by atoms with E-state index >= 15 is 0 Å². The van der Waals surface area contributed by atoms with Gasteiger partial charge in [0.1, 0.15) is 0 Å². The maximum Gasteiger partial charge on any atom is 0.224 e. The van der Waals surface area contributed by atoms with Gasteiger partial charge in [0.05, 0.1) is 16.9 Å². The summed E-state index contributed by atoms with van der Waals surface area (Å²) in [5, 5.41) is 3.83. The molecule has 0 bridgehead atoms. The van der Waals surface area contributed by atoms with Crippen molar-refractivity contribution in [2.24, 2.45) is 0 Å². The smallest absolute Gasteiger partial charge is 0.224 e. The minimum atomic E-state index is 0.0424. The molecule has 3 nitrogen and oxygen atoms in total. The Morgan fingerprint density at radius 1 is 1.19 bits per heavy atom. The second-order valence-corrected chi connectivity index (χ2v) is 5.80. The maximum atomic E-state index is 11.9. The molecular formula is C17H20N2OS. The number of hydrogen-bond donors (Lipinski definition) is 1. The molecular weight excluding hydrogens is 280 g/mol. The number of carbonyl (C=O) groups is 1. The topological polar surface area (TPSA) is 42.0 Å². The lowest BCUT2D eigenvalue weighted by atomic mass is 10.1. The molecule has 0 spiro atoms. The van der Waals surface area contributed by atoms with Crippen LogP contribution in [-0.2, 0) is 11.2 Å². The summed E-state index contributed by atoms with van der Waals surface area (Å²) >= 11 is 1.59. The van der Waals surface area contributed by atoms with Crippen LogP contribution in [0.25, 0.3) is 0 Å². The SMILES string of the molecule is CSc1ccc(NC(=O)CCCc2ccc(C)cc2)cn1. The van der Waals surface area contributed by atoms with E-state index in [9.17, 15) is 4.79 Å². The van der Waals surface area contributed by atoms with E-state index in [0.717, 1.165) is 23.6 Å². The molecule has 0 aliphatic heterocycles. The first kappa shape index (κ1) is 15.6. The number of aryl methyl sites for hydroxylation is 2. The highest BCUT2D eigenvalue weighted by molar-refractivity contribution is 7.98. The zero-order valence-electron chi connectivity index (χ0n) is 12.4. The van der Waals surface area contributed by atoms with Crippen LogP contribution in [0.3, 0.4) is 0 Å². The highest BCUT2D eigenvalue weighted by atomic mass is 32.2. The third kappa shape index (κ3) is 5.23. The van der Waals surface area contributed by atoms with Crippen molar-refractivity contribution in [3.8, 4) is 0 Å². The van der Waals surface area contributed by atoms with Gasteiger partial charge in [-0.05, 0) is 43.7 Å². The van der Waals surface area contributed by atoms with Crippen LogP contribution in [0.5, 0.6) is 0 Å². The number of anilines is 1. The zero-order chi connectivity index (χ0) is 15.1. The second kappa shape index (κ2) is 7.84. The van der Waals surface area contributed by atoms with Crippen molar-refractivity contribution in [2.75, 3.05) is 11.6 Å². The molecule has 0 aliphatic carbocycles. The van der Waals surface area contributed by atoms with Gasteiger partial charge in [0, 0.05) is 6.42 Å². The van der Waals surface area contributed by atoms with E-state index in [-0.39, 0.29) is 5.91 Å². The molecule has 0 aliphatic rings. The number of aromatic nitrogens is 1. The monoisotopic (exact) mass is 300 g/mol. The Morgan fingerprint density at radius 2 is 1.95 bits per heavy atom. The number of hydrogen-bond acceptors (Lipinski definition) is 3. The third-order valence-electron chi connectivity index (χ3n) is 3.22. The van der Waals surface area contributed by atoms with Gasteiger partial charge in [-0.1, -0.05) is 29.8 Å². The number of rotatable bonds is 6. The summed E-state index contributed by atoms with van der Waals surface area (Å²) in [6.07, 6.45) is 5.98. The van der Waals surface area contributed by atoms with Gasteiger partial charge in [0.15, 0.2) is 0 Å². The Labute approximate surface area is 130 Å². The minimum absolute atomic E-state index is 0.0424. The quantitative estimate of drug-likeness (QED) is 0.818. The van der Waals surface area contributed by atoms with Gasteiger partial charge in [-0.3, -0.25) is 4.79 Å². The fourth-order valence-electron chi connectivity index (χ4n) is 2.01. The summed E-state index contributed by atoms with van der Waals surface area (Å²) in [6, 6.07) is 12.3.